The zero-order valence-electron chi connectivity index (χ0n) is 15.8. The van der Waals surface area contributed by atoms with Gasteiger partial charge in [-0.15, -0.1) is 10.2 Å². The maximum atomic E-state index is 6.16. The maximum absolute atomic E-state index is 6.16. The maximum Gasteiger partial charge on any atom is 0.195 e. The molecule has 0 atom stereocenters. The molecule has 0 amide bonds. The summed E-state index contributed by atoms with van der Waals surface area (Å²) in [6.07, 6.45) is 3.91. The lowest BCUT2D eigenvalue weighted by Crippen LogP contribution is -2.06. The zero-order valence-corrected chi connectivity index (χ0v) is 18.1. The van der Waals surface area contributed by atoms with Crippen LogP contribution in [0.1, 0.15) is 32.0 Å². The number of nitrogens with zero attached hydrogens (tertiary/aromatic N) is 3. The molecule has 0 aliphatic rings. The molecule has 0 unspecified atom stereocenters. The van der Waals surface area contributed by atoms with Crippen molar-refractivity contribution >= 4 is 35.0 Å². The molecule has 2 aromatic carbocycles. The van der Waals surface area contributed by atoms with Crippen LogP contribution >= 0.6 is 35.0 Å². The van der Waals surface area contributed by atoms with Crippen molar-refractivity contribution < 1.29 is 4.74 Å². The van der Waals surface area contributed by atoms with E-state index in [0.29, 0.717) is 22.4 Å². The standard InChI is InChI=1S/C21H23Cl2N3OS/c1-2-3-14-28-21-25-24-20(26(21)17-8-5-4-6-9-17)10-7-13-27-19-12-11-16(22)15-18(19)23/h4-6,8-9,11-12,15H,2-3,7,10,13-14H2,1H3. The Labute approximate surface area is 180 Å². The Bertz CT molecular complexity index is 887. The number of unbranched alkanes of at least 4 members (excludes halogenated alkanes) is 1. The molecule has 0 bridgehead atoms. The van der Waals surface area contributed by atoms with Crippen molar-refractivity contribution in [2.45, 2.75) is 37.8 Å². The zero-order chi connectivity index (χ0) is 19.8. The molecule has 1 heterocycles. The molecule has 3 rings (SSSR count). The van der Waals surface area contributed by atoms with E-state index in [2.05, 4.69) is 33.8 Å². The third-order valence-electron chi connectivity index (χ3n) is 4.14. The van der Waals surface area contributed by atoms with Gasteiger partial charge in [-0.2, -0.15) is 0 Å². The molecule has 0 aliphatic carbocycles. The highest BCUT2D eigenvalue weighted by atomic mass is 35.5. The molecular weight excluding hydrogens is 413 g/mol. The molecule has 0 saturated heterocycles. The van der Waals surface area contributed by atoms with Crippen molar-refractivity contribution in [1.82, 2.24) is 14.8 Å². The van der Waals surface area contributed by atoms with Crippen LogP contribution in [0.4, 0.5) is 0 Å². The number of halogens is 2. The Kier molecular flexibility index (Phi) is 8.07. The largest absolute Gasteiger partial charge is 0.492 e. The first-order valence-electron chi connectivity index (χ1n) is 9.39. The molecular formula is C21H23Cl2N3OS. The van der Waals surface area contributed by atoms with Gasteiger partial charge in [0.2, 0.25) is 0 Å². The number of thioether (sulfide) groups is 1. The second-order valence-electron chi connectivity index (χ2n) is 6.30. The molecule has 0 aliphatic heterocycles. The van der Waals surface area contributed by atoms with Crippen LogP contribution in [0.15, 0.2) is 53.7 Å². The summed E-state index contributed by atoms with van der Waals surface area (Å²) in [6, 6.07) is 15.5. The number of para-hydroxylation sites is 1. The van der Waals surface area contributed by atoms with Crippen LogP contribution in [-0.4, -0.2) is 27.1 Å². The van der Waals surface area contributed by atoms with Gasteiger partial charge in [0.1, 0.15) is 11.6 Å². The van der Waals surface area contributed by atoms with E-state index in [0.717, 1.165) is 41.7 Å². The van der Waals surface area contributed by atoms with Gasteiger partial charge in [-0.3, -0.25) is 4.57 Å². The average Bonchev–Trinajstić information content (AvgIpc) is 3.10. The van der Waals surface area contributed by atoms with E-state index in [-0.39, 0.29) is 0 Å². The minimum absolute atomic E-state index is 0.523. The van der Waals surface area contributed by atoms with Crippen molar-refractivity contribution in [3.05, 3.63) is 64.4 Å². The summed E-state index contributed by atoms with van der Waals surface area (Å²) in [5.41, 5.74) is 1.09. The quantitative estimate of drug-likeness (QED) is 0.269. The lowest BCUT2D eigenvalue weighted by molar-refractivity contribution is 0.309. The molecule has 0 spiro atoms. The predicted molar refractivity (Wildman–Crippen MR) is 117 cm³/mol. The van der Waals surface area contributed by atoms with Gasteiger partial charge in [0.15, 0.2) is 5.16 Å². The van der Waals surface area contributed by atoms with E-state index in [4.69, 9.17) is 27.9 Å². The van der Waals surface area contributed by atoms with Crippen LogP contribution in [0.2, 0.25) is 10.0 Å². The summed E-state index contributed by atoms with van der Waals surface area (Å²) in [4.78, 5) is 0. The molecule has 3 aromatic rings. The summed E-state index contributed by atoms with van der Waals surface area (Å²) in [7, 11) is 0. The first-order chi connectivity index (χ1) is 13.7. The van der Waals surface area contributed by atoms with Crippen LogP contribution in [0.25, 0.3) is 5.69 Å². The topological polar surface area (TPSA) is 39.9 Å². The van der Waals surface area contributed by atoms with Gasteiger partial charge in [-0.1, -0.05) is 66.5 Å². The van der Waals surface area contributed by atoms with Crippen molar-refractivity contribution in [3.63, 3.8) is 0 Å². The van der Waals surface area contributed by atoms with Gasteiger partial charge in [-0.05, 0) is 43.2 Å². The lowest BCUT2D eigenvalue weighted by Gasteiger charge is -2.11. The van der Waals surface area contributed by atoms with Crippen LogP contribution in [-0.2, 0) is 6.42 Å². The second kappa shape index (κ2) is 10.7. The summed E-state index contributed by atoms with van der Waals surface area (Å²) in [6.45, 7) is 2.74. The van der Waals surface area contributed by atoms with E-state index in [1.807, 2.05) is 18.2 Å². The van der Waals surface area contributed by atoms with Crippen LogP contribution < -0.4 is 4.74 Å². The molecule has 7 heteroatoms. The SMILES string of the molecule is CCCCSc1nnc(CCCOc2ccc(Cl)cc2Cl)n1-c1ccccc1. The van der Waals surface area contributed by atoms with Crippen LogP contribution in [0.5, 0.6) is 5.75 Å². The number of benzene rings is 2. The highest BCUT2D eigenvalue weighted by molar-refractivity contribution is 7.99. The van der Waals surface area contributed by atoms with Gasteiger partial charge in [0.25, 0.3) is 0 Å². The average molecular weight is 436 g/mol. The van der Waals surface area contributed by atoms with Gasteiger partial charge >= 0.3 is 0 Å². The molecule has 28 heavy (non-hydrogen) atoms. The molecule has 0 saturated carbocycles. The summed E-state index contributed by atoms with van der Waals surface area (Å²) < 4.78 is 7.94. The van der Waals surface area contributed by atoms with E-state index in [1.54, 1.807) is 30.0 Å². The van der Waals surface area contributed by atoms with Crippen molar-refractivity contribution in [3.8, 4) is 11.4 Å². The van der Waals surface area contributed by atoms with E-state index < -0.39 is 0 Å². The molecule has 4 nitrogen and oxygen atoms in total. The summed E-state index contributed by atoms with van der Waals surface area (Å²) >= 11 is 13.8. The number of hydrogen-bond acceptors (Lipinski definition) is 4. The molecule has 148 valence electrons. The number of aromatic nitrogens is 3. The fourth-order valence-corrected chi connectivity index (χ4v) is 4.22. The number of aryl methyl sites for hydroxylation is 1. The minimum atomic E-state index is 0.523. The Morgan fingerprint density at radius 3 is 2.61 bits per heavy atom. The Morgan fingerprint density at radius 1 is 1.04 bits per heavy atom. The van der Waals surface area contributed by atoms with E-state index in [1.165, 1.54) is 6.42 Å². The fourth-order valence-electron chi connectivity index (χ4n) is 2.70. The second-order valence-corrected chi connectivity index (χ2v) is 8.20. The van der Waals surface area contributed by atoms with Crippen molar-refractivity contribution in [2.24, 2.45) is 0 Å². The van der Waals surface area contributed by atoms with E-state index in [9.17, 15) is 0 Å². The molecule has 0 N–H and O–H groups in total. The van der Waals surface area contributed by atoms with Crippen molar-refractivity contribution in [1.29, 1.82) is 0 Å². The fraction of sp³-hybridized carbons (Fsp3) is 0.333. The highest BCUT2D eigenvalue weighted by Crippen LogP contribution is 2.28. The monoisotopic (exact) mass is 435 g/mol. The third kappa shape index (κ3) is 5.66. The van der Waals surface area contributed by atoms with Gasteiger partial charge < -0.3 is 4.74 Å². The van der Waals surface area contributed by atoms with Crippen LogP contribution in [0.3, 0.4) is 0 Å². The first-order valence-corrected chi connectivity index (χ1v) is 11.1. The van der Waals surface area contributed by atoms with Gasteiger partial charge in [0, 0.05) is 22.9 Å². The highest BCUT2D eigenvalue weighted by Gasteiger charge is 2.14. The molecule has 0 fully saturated rings. The lowest BCUT2D eigenvalue weighted by atomic mass is 10.2. The molecule has 1 aromatic heterocycles. The predicted octanol–water partition coefficient (Wildman–Crippen LogP) is 6.48. The van der Waals surface area contributed by atoms with Crippen LogP contribution in [0, 0.1) is 0 Å². The summed E-state index contributed by atoms with van der Waals surface area (Å²) in [5.74, 6) is 2.63. The van der Waals surface area contributed by atoms with Crippen molar-refractivity contribution in [2.75, 3.05) is 12.4 Å². The third-order valence-corrected chi connectivity index (χ3v) is 5.69. The normalized spacial score (nSPS) is 11.0. The Morgan fingerprint density at radius 2 is 1.86 bits per heavy atom. The Hall–Kier alpha value is -1.69. The minimum Gasteiger partial charge on any atom is -0.492 e. The first kappa shape index (κ1) is 21.0. The van der Waals surface area contributed by atoms with Gasteiger partial charge in [0.05, 0.1) is 11.6 Å². The number of ether oxygens (including phenoxy) is 1. The Balaban J connectivity index is 1.65. The number of rotatable bonds is 10. The number of hydrogen-bond donors (Lipinski definition) is 0. The summed E-state index contributed by atoms with van der Waals surface area (Å²) in [5, 5.41) is 10.9. The molecule has 0 radical (unpaired) electrons. The van der Waals surface area contributed by atoms with Gasteiger partial charge in [-0.25, -0.2) is 0 Å². The van der Waals surface area contributed by atoms with E-state index >= 15 is 0 Å². The smallest absolute Gasteiger partial charge is 0.195 e.